The number of imide groups is 1. The fourth-order valence-corrected chi connectivity index (χ4v) is 6.20. The van der Waals surface area contributed by atoms with Crippen LogP contribution in [0.3, 0.4) is 0 Å². The topological polar surface area (TPSA) is 125 Å². The molecule has 3 aromatic heterocycles. The number of fused-ring (bicyclic) bond motifs is 5. The van der Waals surface area contributed by atoms with Crippen LogP contribution in [0.25, 0.3) is 22.1 Å². The lowest BCUT2D eigenvalue weighted by Crippen LogP contribution is -2.54. The van der Waals surface area contributed by atoms with E-state index in [1.165, 1.54) is 15.8 Å². The van der Waals surface area contributed by atoms with Gasteiger partial charge in [0.25, 0.3) is 0 Å². The van der Waals surface area contributed by atoms with Gasteiger partial charge in [-0.15, -0.1) is 0 Å². The molecule has 1 aromatic carbocycles. The molecule has 0 radical (unpaired) electrons. The Morgan fingerprint density at radius 2 is 1.86 bits per heavy atom. The number of imidazole rings is 1. The van der Waals surface area contributed by atoms with E-state index in [9.17, 15) is 14.4 Å². The maximum atomic E-state index is 13.9. The second-order valence-corrected chi connectivity index (χ2v) is 12.4. The Morgan fingerprint density at radius 3 is 2.57 bits per heavy atom. The maximum Gasteiger partial charge on any atom is 0.420 e. The van der Waals surface area contributed by atoms with Crippen LogP contribution in [0.4, 0.5) is 20.2 Å². The van der Waals surface area contributed by atoms with Gasteiger partial charge >= 0.3 is 18.2 Å². The molecule has 1 saturated heterocycles. The molecule has 42 heavy (non-hydrogen) atoms. The van der Waals surface area contributed by atoms with Crippen molar-refractivity contribution in [2.45, 2.75) is 64.5 Å². The van der Waals surface area contributed by atoms with Gasteiger partial charge in [0.2, 0.25) is 0 Å². The molecule has 12 nitrogen and oxygen atoms in total. The summed E-state index contributed by atoms with van der Waals surface area (Å²) in [5.41, 5.74) is 0.111. The van der Waals surface area contributed by atoms with Crippen molar-refractivity contribution >= 4 is 62.0 Å². The van der Waals surface area contributed by atoms with Crippen molar-refractivity contribution in [2.24, 2.45) is 0 Å². The number of nitrogens with zero attached hydrogens (tertiary/aromatic N) is 7. The number of hydrogen-bond donors (Lipinski definition) is 0. The van der Waals surface area contributed by atoms with Crippen LogP contribution in [0.15, 0.2) is 41.3 Å². The first kappa shape index (κ1) is 28.1. The quantitative estimate of drug-likeness (QED) is 0.246. The van der Waals surface area contributed by atoms with E-state index >= 15 is 0 Å². The highest BCUT2D eigenvalue weighted by Crippen LogP contribution is 2.46. The minimum Gasteiger partial charge on any atom is -0.449 e. The minimum atomic E-state index is -0.982. The number of carbonyl (C=O) groups excluding carboxylic acids is 3. The van der Waals surface area contributed by atoms with Crippen molar-refractivity contribution in [3.63, 3.8) is 0 Å². The van der Waals surface area contributed by atoms with Gasteiger partial charge < -0.3 is 14.4 Å². The molecular formula is C29H32BrN7O5. The lowest BCUT2D eigenvalue weighted by Gasteiger charge is -2.42. The van der Waals surface area contributed by atoms with E-state index in [1.54, 1.807) is 16.8 Å². The van der Waals surface area contributed by atoms with Crippen LogP contribution in [0, 0.1) is 0 Å². The number of aromatic nitrogens is 5. The molecule has 2 aliphatic rings. The van der Waals surface area contributed by atoms with Crippen molar-refractivity contribution in [3.8, 4) is 0 Å². The molecule has 1 spiro atoms. The van der Waals surface area contributed by atoms with E-state index in [0.29, 0.717) is 66.1 Å². The fourth-order valence-electron chi connectivity index (χ4n) is 5.76. The third-order valence-corrected chi connectivity index (χ3v) is 8.35. The average molecular weight is 639 g/mol. The molecule has 1 fully saturated rings. The van der Waals surface area contributed by atoms with Crippen molar-refractivity contribution in [3.05, 3.63) is 47.1 Å². The van der Waals surface area contributed by atoms with Gasteiger partial charge in [0.1, 0.15) is 34.6 Å². The van der Waals surface area contributed by atoms with E-state index < -0.39 is 29.4 Å². The first-order valence-electron chi connectivity index (χ1n) is 14.0. The normalized spacial score (nSPS) is 16.5. The molecule has 0 saturated carbocycles. The summed E-state index contributed by atoms with van der Waals surface area (Å²) in [6, 6.07) is 6.89. The van der Waals surface area contributed by atoms with Gasteiger partial charge in [-0.1, -0.05) is 19.4 Å². The lowest BCUT2D eigenvalue weighted by molar-refractivity contribution is 0.0542. The Hall–Kier alpha value is -4.00. The SMILES string of the molecule is CCCCOC(=O)N1C(=O)n2c(nc3c(Br)cccc32)C12CCN(c1ncnc3c1ccn3C(=O)OC(C)(C)C)CC2. The highest BCUT2D eigenvalue weighted by molar-refractivity contribution is 9.10. The van der Waals surface area contributed by atoms with E-state index in [0.717, 1.165) is 10.9 Å². The maximum absolute atomic E-state index is 13.9. The number of unbranched alkanes of at least 4 members (excludes halogenated alkanes) is 1. The first-order valence-corrected chi connectivity index (χ1v) is 14.8. The summed E-state index contributed by atoms with van der Waals surface area (Å²) < 4.78 is 14.8. The number of amides is 2. The molecular weight excluding hydrogens is 606 g/mol. The predicted molar refractivity (Wildman–Crippen MR) is 159 cm³/mol. The van der Waals surface area contributed by atoms with Gasteiger partial charge in [0, 0.05) is 23.8 Å². The summed E-state index contributed by atoms with van der Waals surface area (Å²) >= 11 is 3.56. The molecule has 5 heterocycles. The molecule has 4 aromatic rings. The highest BCUT2D eigenvalue weighted by Gasteiger charge is 2.57. The zero-order valence-electron chi connectivity index (χ0n) is 24.0. The second kappa shape index (κ2) is 10.4. The summed E-state index contributed by atoms with van der Waals surface area (Å²) in [5.74, 6) is 1.19. The van der Waals surface area contributed by atoms with E-state index in [1.807, 2.05) is 45.9 Å². The summed E-state index contributed by atoms with van der Waals surface area (Å²) in [7, 11) is 0. The number of hydrogen-bond acceptors (Lipinski definition) is 9. The molecule has 2 aliphatic heterocycles. The van der Waals surface area contributed by atoms with Crippen molar-refractivity contribution in [1.29, 1.82) is 0 Å². The van der Waals surface area contributed by atoms with Crippen molar-refractivity contribution in [2.75, 3.05) is 24.6 Å². The van der Waals surface area contributed by atoms with Gasteiger partial charge in [-0.05, 0) is 74.2 Å². The zero-order chi connectivity index (χ0) is 29.8. The van der Waals surface area contributed by atoms with Crippen LogP contribution < -0.4 is 4.90 Å². The van der Waals surface area contributed by atoms with Crippen LogP contribution in [-0.2, 0) is 15.0 Å². The van der Waals surface area contributed by atoms with Crippen LogP contribution in [0.2, 0.25) is 0 Å². The van der Waals surface area contributed by atoms with Crippen LogP contribution in [0.5, 0.6) is 0 Å². The number of para-hydroxylation sites is 1. The number of carbonyl (C=O) groups is 3. The fraction of sp³-hybridized carbons (Fsp3) is 0.448. The van der Waals surface area contributed by atoms with Gasteiger partial charge in [0.15, 0.2) is 5.65 Å². The molecule has 2 amide bonds. The minimum absolute atomic E-state index is 0.240. The average Bonchev–Trinajstić information content (AvgIpc) is 3.61. The van der Waals surface area contributed by atoms with Gasteiger partial charge in [-0.2, -0.15) is 0 Å². The number of anilines is 1. The summed E-state index contributed by atoms with van der Waals surface area (Å²) in [4.78, 5) is 57.2. The van der Waals surface area contributed by atoms with Crippen molar-refractivity contribution in [1.82, 2.24) is 29.0 Å². The first-order chi connectivity index (χ1) is 20.1. The monoisotopic (exact) mass is 637 g/mol. The third-order valence-electron chi connectivity index (χ3n) is 7.71. The Labute approximate surface area is 250 Å². The molecule has 0 N–H and O–H groups in total. The van der Waals surface area contributed by atoms with Crippen LogP contribution in [0.1, 0.15) is 59.2 Å². The molecule has 0 aliphatic carbocycles. The van der Waals surface area contributed by atoms with E-state index in [2.05, 4.69) is 30.8 Å². The Bertz CT molecular complexity index is 1710. The lowest BCUT2D eigenvalue weighted by atomic mass is 9.86. The number of rotatable bonds is 4. The molecule has 6 rings (SSSR count). The van der Waals surface area contributed by atoms with Crippen molar-refractivity contribution < 1.29 is 23.9 Å². The zero-order valence-corrected chi connectivity index (χ0v) is 25.5. The van der Waals surface area contributed by atoms with E-state index in [-0.39, 0.29) is 6.61 Å². The standard InChI is InChI=1S/C29H32BrN7O5/c1-5-6-16-41-27(40)37-25(38)36-20-9-7-8-19(30)21(20)33-24(36)29(37)11-14-34(15-12-29)22-18-10-13-35(23(18)32-17-31-22)26(39)42-28(2,3)4/h7-10,13,17H,5-6,11-12,14-16H2,1-4H3. The Kier molecular flexibility index (Phi) is 6.95. The molecule has 0 unspecified atom stereocenters. The number of benzene rings is 1. The summed E-state index contributed by atoms with van der Waals surface area (Å²) in [5, 5.41) is 0.703. The number of ether oxygens (including phenoxy) is 2. The number of halogens is 1. The Morgan fingerprint density at radius 1 is 1.10 bits per heavy atom. The van der Waals surface area contributed by atoms with Gasteiger partial charge in [-0.3, -0.25) is 0 Å². The molecule has 0 atom stereocenters. The highest BCUT2D eigenvalue weighted by atomic mass is 79.9. The third kappa shape index (κ3) is 4.50. The number of piperidine rings is 1. The van der Waals surface area contributed by atoms with Crippen LogP contribution in [-0.4, -0.2) is 72.5 Å². The molecule has 220 valence electrons. The summed E-state index contributed by atoms with van der Waals surface area (Å²) in [6.07, 6.45) is 4.29. The van der Waals surface area contributed by atoms with Gasteiger partial charge in [0.05, 0.1) is 17.5 Å². The van der Waals surface area contributed by atoms with Gasteiger partial charge in [-0.25, -0.2) is 43.4 Å². The van der Waals surface area contributed by atoms with Crippen LogP contribution >= 0.6 is 15.9 Å². The second-order valence-electron chi connectivity index (χ2n) is 11.6. The summed E-state index contributed by atoms with van der Waals surface area (Å²) in [6.45, 7) is 8.62. The predicted octanol–water partition coefficient (Wildman–Crippen LogP) is 6.04. The Balaban J connectivity index is 1.34. The largest absolute Gasteiger partial charge is 0.449 e. The van der Waals surface area contributed by atoms with E-state index in [4.69, 9.17) is 14.5 Å². The molecule has 0 bridgehead atoms. The smallest absolute Gasteiger partial charge is 0.420 e. The molecule has 13 heteroatoms.